The quantitative estimate of drug-likeness (QED) is 0.528. The van der Waals surface area contributed by atoms with E-state index in [1.54, 1.807) is 7.11 Å². The number of ether oxygens (including phenoxy) is 1. The lowest BCUT2D eigenvalue weighted by Gasteiger charge is -2.28. The average Bonchev–Trinajstić information content (AvgIpc) is 3.22. The van der Waals surface area contributed by atoms with Crippen molar-refractivity contribution in [2.45, 2.75) is 37.8 Å². The van der Waals surface area contributed by atoms with Crippen molar-refractivity contribution < 1.29 is 4.74 Å². The second-order valence-electron chi connectivity index (χ2n) is 7.74. The summed E-state index contributed by atoms with van der Waals surface area (Å²) in [5.41, 5.74) is 3.91. The topological polar surface area (TPSA) is 89.3 Å². The molecule has 0 spiro atoms. The molecule has 0 atom stereocenters. The van der Waals surface area contributed by atoms with Crippen molar-refractivity contribution in [1.82, 2.24) is 29.9 Å². The van der Waals surface area contributed by atoms with Gasteiger partial charge in [0, 0.05) is 23.8 Å². The van der Waals surface area contributed by atoms with Gasteiger partial charge < -0.3 is 15.4 Å². The smallest absolute Gasteiger partial charge is 0.241 e. The Bertz CT molecular complexity index is 1180. The fourth-order valence-corrected chi connectivity index (χ4v) is 4.28. The zero-order chi connectivity index (χ0) is 20.5. The van der Waals surface area contributed by atoms with E-state index in [0.29, 0.717) is 23.9 Å². The van der Waals surface area contributed by atoms with Gasteiger partial charge in [-0.1, -0.05) is 6.07 Å². The summed E-state index contributed by atoms with van der Waals surface area (Å²) >= 11 is 0. The SMILES string of the molecule is CNC1CCC(Nc2ncc3c(-c4ccc5ncnc(OC)c5c4)ccn3n2)CC1. The van der Waals surface area contributed by atoms with Gasteiger partial charge in [-0.05, 0) is 56.5 Å². The Hall–Kier alpha value is -3.26. The molecular weight excluding hydrogens is 378 g/mol. The molecule has 30 heavy (non-hydrogen) atoms. The van der Waals surface area contributed by atoms with E-state index < -0.39 is 0 Å². The summed E-state index contributed by atoms with van der Waals surface area (Å²) in [6.45, 7) is 0. The van der Waals surface area contributed by atoms with Gasteiger partial charge in [-0.2, -0.15) is 0 Å². The Morgan fingerprint density at radius 1 is 1.03 bits per heavy atom. The van der Waals surface area contributed by atoms with Crippen molar-refractivity contribution in [3.63, 3.8) is 0 Å². The molecule has 3 heterocycles. The first kappa shape index (κ1) is 18.7. The minimum Gasteiger partial charge on any atom is -0.480 e. The van der Waals surface area contributed by atoms with Crippen LogP contribution in [-0.2, 0) is 0 Å². The average molecular weight is 403 g/mol. The number of fused-ring (bicyclic) bond motifs is 2. The maximum Gasteiger partial charge on any atom is 0.241 e. The molecular formula is C22H25N7O. The lowest BCUT2D eigenvalue weighted by Crippen LogP contribution is -2.35. The Morgan fingerprint density at radius 2 is 1.87 bits per heavy atom. The molecule has 1 aliphatic rings. The van der Waals surface area contributed by atoms with Crippen LogP contribution >= 0.6 is 0 Å². The molecule has 0 radical (unpaired) electrons. The maximum atomic E-state index is 5.40. The van der Waals surface area contributed by atoms with Crippen LogP contribution in [0.15, 0.2) is 43.0 Å². The molecule has 8 heteroatoms. The maximum absolute atomic E-state index is 5.40. The summed E-state index contributed by atoms with van der Waals surface area (Å²) in [5, 5.41) is 12.4. The van der Waals surface area contributed by atoms with E-state index in [2.05, 4.69) is 48.9 Å². The van der Waals surface area contributed by atoms with Gasteiger partial charge in [0.1, 0.15) is 6.33 Å². The van der Waals surface area contributed by atoms with Gasteiger partial charge >= 0.3 is 0 Å². The third-order valence-corrected chi connectivity index (χ3v) is 5.99. The third-order valence-electron chi connectivity index (χ3n) is 5.99. The number of aromatic nitrogens is 5. The van der Waals surface area contributed by atoms with Crippen LogP contribution in [0.1, 0.15) is 25.7 Å². The molecule has 1 fully saturated rings. The van der Waals surface area contributed by atoms with E-state index in [-0.39, 0.29) is 0 Å². The highest BCUT2D eigenvalue weighted by molar-refractivity contribution is 5.91. The highest BCUT2D eigenvalue weighted by atomic mass is 16.5. The van der Waals surface area contributed by atoms with E-state index in [1.807, 2.05) is 30.0 Å². The summed E-state index contributed by atoms with van der Waals surface area (Å²) in [6, 6.07) is 9.20. The highest BCUT2D eigenvalue weighted by Crippen LogP contribution is 2.31. The molecule has 0 amide bonds. The Labute approximate surface area is 174 Å². The van der Waals surface area contributed by atoms with Gasteiger partial charge in [-0.3, -0.25) is 0 Å². The van der Waals surface area contributed by atoms with E-state index in [4.69, 9.17) is 4.74 Å². The molecule has 0 saturated heterocycles. The van der Waals surface area contributed by atoms with Gasteiger partial charge in [0.25, 0.3) is 0 Å². The Balaban J connectivity index is 1.42. The number of rotatable bonds is 5. The first-order valence-corrected chi connectivity index (χ1v) is 10.3. The van der Waals surface area contributed by atoms with Gasteiger partial charge in [-0.25, -0.2) is 19.5 Å². The number of nitrogens with zero attached hydrogens (tertiary/aromatic N) is 5. The molecule has 1 saturated carbocycles. The molecule has 154 valence electrons. The standard InChI is InChI=1S/C22H25N7O/c1-23-15-4-6-16(7-5-15)27-22-24-12-20-17(9-10-29(20)28-22)14-3-8-19-18(11-14)21(30-2)26-13-25-19/h3,8-13,15-16,23H,4-7H2,1-2H3,(H,27,28). The minimum absolute atomic E-state index is 0.426. The summed E-state index contributed by atoms with van der Waals surface area (Å²) in [7, 11) is 3.66. The number of hydrogen-bond acceptors (Lipinski definition) is 7. The Kier molecular flexibility index (Phi) is 4.92. The zero-order valence-electron chi connectivity index (χ0n) is 17.2. The summed E-state index contributed by atoms with van der Waals surface area (Å²) in [5.74, 6) is 1.24. The zero-order valence-corrected chi connectivity index (χ0v) is 17.2. The Morgan fingerprint density at radius 3 is 2.67 bits per heavy atom. The van der Waals surface area contributed by atoms with Crippen molar-refractivity contribution in [1.29, 1.82) is 0 Å². The first-order valence-electron chi connectivity index (χ1n) is 10.3. The molecule has 1 aliphatic carbocycles. The van der Waals surface area contributed by atoms with Gasteiger partial charge in [0.15, 0.2) is 0 Å². The van der Waals surface area contributed by atoms with Crippen LogP contribution in [0.25, 0.3) is 27.5 Å². The van der Waals surface area contributed by atoms with Crippen molar-refractivity contribution in [2.24, 2.45) is 0 Å². The van der Waals surface area contributed by atoms with Crippen LogP contribution in [-0.4, -0.2) is 50.8 Å². The second-order valence-corrected chi connectivity index (χ2v) is 7.74. The minimum atomic E-state index is 0.426. The van der Waals surface area contributed by atoms with Crippen molar-refractivity contribution in [2.75, 3.05) is 19.5 Å². The number of hydrogen-bond donors (Lipinski definition) is 2. The lowest BCUT2D eigenvalue weighted by molar-refractivity contribution is 0.370. The van der Waals surface area contributed by atoms with E-state index in [1.165, 1.54) is 19.2 Å². The fourth-order valence-electron chi connectivity index (χ4n) is 4.28. The lowest BCUT2D eigenvalue weighted by atomic mass is 9.91. The molecule has 0 unspecified atom stereocenters. The van der Waals surface area contributed by atoms with Gasteiger partial charge in [0.05, 0.1) is 29.7 Å². The van der Waals surface area contributed by atoms with Crippen molar-refractivity contribution in [3.8, 4) is 17.0 Å². The summed E-state index contributed by atoms with van der Waals surface area (Å²) in [4.78, 5) is 13.1. The molecule has 3 aromatic heterocycles. The van der Waals surface area contributed by atoms with Crippen LogP contribution in [0.4, 0.5) is 5.95 Å². The predicted molar refractivity (Wildman–Crippen MR) is 117 cm³/mol. The molecule has 0 bridgehead atoms. The van der Waals surface area contributed by atoms with Crippen LogP contribution in [0.3, 0.4) is 0 Å². The highest BCUT2D eigenvalue weighted by Gasteiger charge is 2.20. The largest absolute Gasteiger partial charge is 0.480 e. The summed E-state index contributed by atoms with van der Waals surface area (Å²) in [6.07, 6.45) is 9.99. The monoisotopic (exact) mass is 403 g/mol. The summed E-state index contributed by atoms with van der Waals surface area (Å²) < 4.78 is 7.28. The van der Waals surface area contributed by atoms with Crippen LogP contribution in [0, 0.1) is 0 Å². The number of anilines is 1. The fraction of sp³-hybridized carbons (Fsp3) is 0.364. The second kappa shape index (κ2) is 7.87. The van der Waals surface area contributed by atoms with Crippen molar-refractivity contribution in [3.05, 3.63) is 43.0 Å². The van der Waals surface area contributed by atoms with Crippen molar-refractivity contribution >= 4 is 22.4 Å². The molecule has 8 nitrogen and oxygen atoms in total. The van der Waals surface area contributed by atoms with Crippen LogP contribution in [0.5, 0.6) is 5.88 Å². The first-order chi connectivity index (χ1) is 14.7. The molecule has 0 aliphatic heterocycles. The van der Waals surface area contributed by atoms with Crippen LogP contribution in [0.2, 0.25) is 0 Å². The molecule has 4 aromatic rings. The van der Waals surface area contributed by atoms with E-state index in [9.17, 15) is 0 Å². The van der Waals surface area contributed by atoms with Gasteiger partial charge in [-0.15, -0.1) is 5.10 Å². The molecule has 1 aromatic carbocycles. The van der Waals surface area contributed by atoms with E-state index >= 15 is 0 Å². The molecule has 5 rings (SSSR count). The third kappa shape index (κ3) is 3.43. The van der Waals surface area contributed by atoms with E-state index in [0.717, 1.165) is 40.4 Å². The van der Waals surface area contributed by atoms with Crippen LogP contribution < -0.4 is 15.4 Å². The number of nitrogens with one attached hydrogen (secondary N) is 2. The normalized spacial score (nSPS) is 19.3. The van der Waals surface area contributed by atoms with Gasteiger partial charge in [0.2, 0.25) is 11.8 Å². The predicted octanol–water partition coefficient (Wildman–Crippen LogP) is 3.29. The number of benzene rings is 1. The molecule has 2 N–H and O–H groups in total. The number of methoxy groups -OCH3 is 1.